The second-order valence-corrected chi connectivity index (χ2v) is 5.76. The fourth-order valence-corrected chi connectivity index (χ4v) is 2.67. The first-order chi connectivity index (χ1) is 8.44. The third kappa shape index (κ3) is 2.42. The predicted molar refractivity (Wildman–Crippen MR) is 68.0 cm³/mol. The van der Waals surface area contributed by atoms with Crippen LogP contribution >= 0.6 is 15.9 Å². The van der Waals surface area contributed by atoms with Crippen molar-refractivity contribution in [3.8, 4) is 0 Å². The van der Waals surface area contributed by atoms with E-state index in [1.54, 1.807) is 19.1 Å². The molecule has 1 N–H and O–H groups in total. The SMILES string of the molecule is CC(CC1(c2cc(Br)ccc2F)COC1)C(=O)O. The zero-order chi connectivity index (χ0) is 13.3. The number of hydrogen-bond donors (Lipinski definition) is 1. The molecular weight excluding hydrogens is 303 g/mol. The Balaban J connectivity index is 2.32. The number of carboxylic acid groups (broad SMARTS) is 1. The summed E-state index contributed by atoms with van der Waals surface area (Å²) in [5, 5.41) is 8.99. The second kappa shape index (κ2) is 4.97. The molecule has 18 heavy (non-hydrogen) atoms. The topological polar surface area (TPSA) is 46.5 Å². The molecule has 1 heterocycles. The maximum atomic E-state index is 13.9. The molecule has 1 unspecified atom stereocenters. The minimum absolute atomic E-state index is 0.306. The number of halogens is 2. The van der Waals surface area contributed by atoms with Crippen molar-refractivity contribution in [2.45, 2.75) is 18.8 Å². The molecule has 0 bridgehead atoms. The number of rotatable bonds is 4. The summed E-state index contributed by atoms with van der Waals surface area (Å²) in [6.45, 7) is 2.38. The molecule has 0 spiro atoms. The highest BCUT2D eigenvalue weighted by Crippen LogP contribution is 2.40. The average molecular weight is 317 g/mol. The van der Waals surface area contributed by atoms with Crippen molar-refractivity contribution in [1.82, 2.24) is 0 Å². The molecule has 0 radical (unpaired) electrons. The zero-order valence-corrected chi connectivity index (χ0v) is 11.5. The molecule has 98 valence electrons. The average Bonchev–Trinajstić information content (AvgIpc) is 2.26. The zero-order valence-electron chi connectivity index (χ0n) is 9.95. The van der Waals surface area contributed by atoms with Crippen molar-refractivity contribution >= 4 is 21.9 Å². The summed E-state index contributed by atoms with van der Waals surface area (Å²) in [6, 6.07) is 4.74. The normalized spacial score (nSPS) is 19.1. The minimum atomic E-state index is -0.864. The summed E-state index contributed by atoms with van der Waals surface area (Å²) in [4.78, 5) is 11.0. The van der Waals surface area contributed by atoms with Gasteiger partial charge in [-0.05, 0) is 30.2 Å². The van der Waals surface area contributed by atoms with Gasteiger partial charge in [0.1, 0.15) is 5.82 Å². The first-order valence-corrected chi connectivity index (χ1v) is 6.50. The molecule has 0 aliphatic carbocycles. The fourth-order valence-electron chi connectivity index (χ4n) is 2.31. The lowest BCUT2D eigenvalue weighted by Crippen LogP contribution is -2.49. The van der Waals surface area contributed by atoms with Crippen LogP contribution in [0.4, 0.5) is 4.39 Å². The second-order valence-electron chi connectivity index (χ2n) is 4.84. The first-order valence-electron chi connectivity index (χ1n) is 5.71. The van der Waals surface area contributed by atoms with Gasteiger partial charge in [-0.25, -0.2) is 4.39 Å². The Labute approximate surface area is 113 Å². The van der Waals surface area contributed by atoms with E-state index in [9.17, 15) is 9.18 Å². The predicted octanol–water partition coefficient (Wildman–Crippen LogP) is 2.97. The van der Waals surface area contributed by atoms with Crippen LogP contribution in [0.15, 0.2) is 22.7 Å². The van der Waals surface area contributed by atoms with Crippen LogP contribution in [0.3, 0.4) is 0 Å². The van der Waals surface area contributed by atoms with E-state index >= 15 is 0 Å². The van der Waals surface area contributed by atoms with E-state index in [2.05, 4.69) is 15.9 Å². The van der Waals surface area contributed by atoms with Crippen LogP contribution in [0.25, 0.3) is 0 Å². The van der Waals surface area contributed by atoms with E-state index < -0.39 is 17.3 Å². The van der Waals surface area contributed by atoms with Crippen molar-refractivity contribution in [2.24, 2.45) is 5.92 Å². The van der Waals surface area contributed by atoms with Gasteiger partial charge in [0.25, 0.3) is 0 Å². The van der Waals surface area contributed by atoms with Crippen molar-refractivity contribution in [3.05, 3.63) is 34.1 Å². The maximum Gasteiger partial charge on any atom is 0.306 e. The Hall–Kier alpha value is -0.940. The fraction of sp³-hybridized carbons (Fsp3) is 0.462. The largest absolute Gasteiger partial charge is 0.481 e. The van der Waals surface area contributed by atoms with Crippen LogP contribution in [-0.4, -0.2) is 24.3 Å². The minimum Gasteiger partial charge on any atom is -0.481 e. The Morgan fingerprint density at radius 2 is 2.28 bits per heavy atom. The summed E-state index contributed by atoms with van der Waals surface area (Å²) < 4.78 is 19.9. The molecule has 5 heteroatoms. The summed E-state index contributed by atoms with van der Waals surface area (Å²) in [6.07, 6.45) is 0.385. The van der Waals surface area contributed by atoms with Gasteiger partial charge < -0.3 is 9.84 Å². The number of carbonyl (C=O) groups is 1. The van der Waals surface area contributed by atoms with E-state index in [1.807, 2.05) is 0 Å². The highest BCUT2D eigenvalue weighted by atomic mass is 79.9. The van der Waals surface area contributed by atoms with Gasteiger partial charge >= 0.3 is 5.97 Å². The summed E-state index contributed by atoms with van der Waals surface area (Å²) in [5.41, 5.74) is 0.0299. The van der Waals surface area contributed by atoms with Gasteiger partial charge in [0, 0.05) is 9.89 Å². The molecule has 0 saturated carbocycles. The molecule has 1 aliphatic heterocycles. The summed E-state index contributed by atoms with van der Waals surface area (Å²) in [5.74, 6) is -1.69. The van der Waals surface area contributed by atoms with Crippen LogP contribution < -0.4 is 0 Å². The van der Waals surface area contributed by atoms with E-state index in [0.29, 0.717) is 25.2 Å². The highest BCUT2D eigenvalue weighted by molar-refractivity contribution is 9.10. The van der Waals surface area contributed by atoms with Gasteiger partial charge in [-0.3, -0.25) is 4.79 Å². The van der Waals surface area contributed by atoms with Gasteiger partial charge in [-0.1, -0.05) is 22.9 Å². The van der Waals surface area contributed by atoms with Gasteiger partial charge in [0.05, 0.1) is 19.1 Å². The highest BCUT2D eigenvalue weighted by Gasteiger charge is 2.44. The Bertz CT molecular complexity index is 471. The quantitative estimate of drug-likeness (QED) is 0.929. The van der Waals surface area contributed by atoms with Crippen LogP contribution in [0.5, 0.6) is 0 Å². The van der Waals surface area contributed by atoms with E-state index in [4.69, 9.17) is 9.84 Å². The first kappa shape index (κ1) is 13.5. The number of carboxylic acids is 1. The van der Waals surface area contributed by atoms with Crippen molar-refractivity contribution in [2.75, 3.05) is 13.2 Å². The third-order valence-corrected chi connectivity index (χ3v) is 3.87. The van der Waals surface area contributed by atoms with Crippen LogP contribution in [0.2, 0.25) is 0 Å². The molecule has 1 aromatic carbocycles. The van der Waals surface area contributed by atoms with Crippen molar-refractivity contribution in [1.29, 1.82) is 0 Å². The van der Waals surface area contributed by atoms with Crippen molar-refractivity contribution in [3.63, 3.8) is 0 Å². The molecule has 1 atom stereocenters. The molecule has 0 amide bonds. The number of aliphatic carboxylic acids is 1. The van der Waals surface area contributed by atoms with Gasteiger partial charge in [-0.15, -0.1) is 0 Å². The molecule has 1 saturated heterocycles. The lowest BCUT2D eigenvalue weighted by molar-refractivity contribution is -0.144. The van der Waals surface area contributed by atoms with Crippen molar-refractivity contribution < 1.29 is 19.0 Å². The molecule has 2 rings (SSSR count). The van der Waals surface area contributed by atoms with E-state index in [-0.39, 0.29) is 5.82 Å². The summed E-state index contributed by atoms with van der Waals surface area (Å²) in [7, 11) is 0. The monoisotopic (exact) mass is 316 g/mol. The van der Waals surface area contributed by atoms with Crippen LogP contribution in [0.1, 0.15) is 18.9 Å². The van der Waals surface area contributed by atoms with Crippen LogP contribution in [-0.2, 0) is 14.9 Å². The van der Waals surface area contributed by atoms with Gasteiger partial charge in [-0.2, -0.15) is 0 Å². The number of benzene rings is 1. The third-order valence-electron chi connectivity index (χ3n) is 3.37. The lowest BCUT2D eigenvalue weighted by atomic mass is 9.72. The van der Waals surface area contributed by atoms with E-state index in [1.165, 1.54) is 6.07 Å². The smallest absolute Gasteiger partial charge is 0.306 e. The summed E-state index contributed by atoms with van der Waals surface area (Å²) >= 11 is 3.31. The molecule has 0 aromatic heterocycles. The Morgan fingerprint density at radius 3 is 2.78 bits per heavy atom. The Morgan fingerprint density at radius 1 is 1.61 bits per heavy atom. The molecular formula is C13H14BrFO3. The maximum absolute atomic E-state index is 13.9. The molecule has 1 aromatic rings. The van der Waals surface area contributed by atoms with Gasteiger partial charge in [0.15, 0.2) is 0 Å². The lowest BCUT2D eigenvalue weighted by Gasteiger charge is -2.43. The molecule has 3 nitrogen and oxygen atoms in total. The molecule has 1 aliphatic rings. The standard InChI is InChI=1S/C13H14BrFO3/c1-8(12(16)17)5-13(6-18-7-13)10-4-9(14)2-3-11(10)15/h2-4,8H,5-7H2,1H3,(H,16,17). The number of ether oxygens (including phenoxy) is 1. The van der Waals surface area contributed by atoms with Gasteiger partial charge in [0.2, 0.25) is 0 Å². The molecule has 1 fully saturated rings. The van der Waals surface area contributed by atoms with Crippen LogP contribution in [0, 0.1) is 11.7 Å². The van der Waals surface area contributed by atoms with E-state index in [0.717, 1.165) is 4.47 Å². The number of hydrogen-bond acceptors (Lipinski definition) is 2. The Kier molecular flexibility index (Phi) is 3.73.